The van der Waals surface area contributed by atoms with Crippen molar-refractivity contribution in [3.8, 4) is 0 Å². The largest absolute Gasteiger partial charge is 0.368 e. The summed E-state index contributed by atoms with van der Waals surface area (Å²) in [6.45, 7) is 0. The van der Waals surface area contributed by atoms with Gasteiger partial charge in [-0.05, 0) is 30.3 Å². The molecule has 0 radical (unpaired) electrons. The summed E-state index contributed by atoms with van der Waals surface area (Å²) in [5.74, 6) is -3.10. The average molecular weight is 280 g/mol. The molecule has 0 saturated heterocycles. The van der Waals surface area contributed by atoms with E-state index in [4.69, 9.17) is 5.73 Å². The Kier molecular flexibility index (Phi) is 3.93. The molecule has 1 amide bonds. The Morgan fingerprint density at radius 1 is 1.05 bits per heavy atom. The lowest BCUT2D eigenvalue weighted by Crippen LogP contribution is -2.29. The van der Waals surface area contributed by atoms with Gasteiger partial charge in [0.1, 0.15) is 23.5 Å². The first-order chi connectivity index (χ1) is 9.49. The molecule has 1 unspecified atom stereocenters. The van der Waals surface area contributed by atoms with Crippen molar-refractivity contribution in [2.75, 3.05) is 5.32 Å². The van der Waals surface area contributed by atoms with Gasteiger partial charge in [0, 0.05) is 5.56 Å². The molecule has 0 aliphatic carbocycles. The molecule has 0 aliphatic rings. The molecule has 6 heteroatoms. The zero-order valence-corrected chi connectivity index (χ0v) is 10.2. The van der Waals surface area contributed by atoms with Crippen LogP contribution in [0.3, 0.4) is 0 Å². The number of amides is 1. The summed E-state index contributed by atoms with van der Waals surface area (Å²) < 4.78 is 40.4. The van der Waals surface area contributed by atoms with E-state index >= 15 is 0 Å². The van der Waals surface area contributed by atoms with Crippen LogP contribution in [0.25, 0.3) is 0 Å². The van der Waals surface area contributed by atoms with Crippen LogP contribution in [0.1, 0.15) is 11.6 Å². The van der Waals surface area contributed by atoms with Crippen LogP contribution in [0.15, 0.2) is 42.5 Å². The number of para-hydroxylation sites is 1. The van der Waals surface area contributed by atoms with Crippen LogP contribution < -0.4 is 11.1 Å². The summed E-state index contributed by atoms with van der Waals surface area (Å²) in [4.78, 5) is 11.4. The Hall–Kier alpha value is -2.50. The van der Waals surface area contributed by atoms with Crippen molar-refractivity contribution in [1.82, 2.24) is 0 Å². The van der Waals surface area contributed by atoms with Crippen molar-refractivity contribution < 1.29 is 18.0 Å². The molecule has 3 nitrogen and oxygen atoms in total. The summed E-state index contributed by atoms with van der Waals surface area (Å²) in [6, 6.07) is 6.80. The average Bonchev–Trinajstić information content (AvgIpc) is 2.40. The van der Waals surface area contributed by atoms with Gasteiger partial charge in [0.25, 0.3) is 0 Å². The number of anilines is 1. The molecule has 2 rings (SSSR count). The summed E-state index contributed by atoms with van der Waals surface area (Å²) in [7, 11) is 0. The molecule has 1 atom stereocenters. The molecular weight excluding hydrogens is 269 g/mol. The van der Waals surface area contributed by atoms with Gasteiger partial charge < -0.3 is 11.1 Å². The smallest absolute Gasteiger partial charge is 0.244 e. The van der Waals surface area contributed by atoms with Crippen molar-refractivity contribution in [3.63, 3.8) is 0 Å². The van der Waals surface area contributed by atoms with E-state index in [0.717, 1.165) is 18.2 Å². The molecule has 0 fully saturated rings. The molecule has 2 aromatic carbocycles. The second-order valence-electron chi connectivity index (χ2n) is 4.13. The van der Waals surface area contributed by atoms with Crippen molar-refractivity contribution in [1.29, 1.82) is 0 Å². The number of halogens is 3. The third-order valence-electron chi connectivity index (χ3n) is 2.73. The van der Waals surface area contributed by atoms with E-state index in [1.54, 1.807) is 0 Å². The van der Waals surface area contributed by atoms with Crippen molar-refractivity contribution >= 4 is 11.6 Å². The van der Waals surface area contributed by atoms with Crippen LogP contribution in [-0.2, 0) is 4.79 Å². The van der Waals surface area contributed by atoms with E-state index in [2.05, 4.69) is 5.32 Å². The highest BCUT2D eigenvalue weighted by molar-refractivity contribution is 5.84. The Labute approximate surface area is 113 Å². The van der Waals surface area contributed by atoms with E-state index in [0.29, 0.717) is 0 Å². The standard InChI is InChI=1S/C14H11F3N2O/c15-8-5-6-10(16)9(7-8)13(14(18)20)19-12-4-2-1-3-11(12)17/h1-7,13,19H,(H2,18,20). The van der Waals surface area contributed by atoms with Gasteiger partial charge in [-0.2, -0.15) is 0 Å². The zero-order valence-electron chi connectivity index (χ0n) is 10.2. The van der Waals surface area contributed by atoms with E-state index in [1.165, 1.54) is 24.3 Å². The van der Waals surface area contributed by atoms with Gasteiger partial charge >= 0.3 is 0 Å². The van der Waals surface area contributed by atoms with Crippen LogP contribution in [0.4, 0.5) is 18.9 Å². The number of carbonyl (C=O) groups is 1. The highest BCUT2D eigenvalue weighted by Crippen LogP contribution is 2.24. The summed E-state index contributed by atoms with van der Waals surface area (Å²) in [5, 5.41) is 2.47. The highest BCUT2D eigenvalue weighted by atomic mass is 19.1. The molecule has 0 bridgehead atoms. The molecule has 20 heavy (non-hydrogen) atoms. The summed E-state index contributed by atoms with van der Waals surface area (Å²) >= 11 is 0. The van der Waals surface area contributed by atoms with Crippen molar-refractivity contribution in [3.05, 3.63) is 65.5 Å². The Morgan fingerprint density at radius 2 is 1.75 bits per heavy atom. The molecule has 0 saturated carbocycles. The molecule has 2 aromatic rings. The Morgan fingerprint density at radius 3 is 2.40 bits per heavy atom. The first-order valence-corrected chi connectivity index (χ1v) is 5.74. The fraction of sp³-hybridized carbons (Fsp3) is 0.0714. The fourth-order valence-electron chi connectivity index (χ4n) is 1.77. The lowest BCUT2D eigenvalue weighted by molar-refractivity contribution is -0.118. The second-order valence-corrected chi connectivity index (χ2v) is 4.13. The molecule has 0 aliphatic heterocycles. The van der Waals surface area contributed by atoms with E-state index < -0.39 is 29.4 Å². The molecule has 0 spiro atoms. The molecule has 3 N–H and O–H groups in total. The van der Waals surface area contributed by atoms with E-state index in [1.807, 2.05) is 0 Å². The van der Waals surface area contributed by atoms with Gasteiger partial charge in [0.2, 0.25) is 5.91 Å². The van der Waals surface area contributed by atoms with E-state index in [-0.39, 0.29) is 11.3 Å². The number of nitrogens with one attached hydrogen (secondary N) is 1. The lowest BCUT2D eigenvalue weighted by atomic mass is 10.0. The third kappa shape index (κ3) is 2.90. The molecule has 104 valence electrons. The summed E-state index contributed by atoms with van der Waals surface area (Å²) in [6.07, 6.45) is 0. The highest BCUT2D eigenvalue weighted by Gasteiger charge is 2.22. The van der Waals surface area contributed by atoms with Gasteiger partial charge in [-0.1, -0.05) is 12.1 Å². The SMILES string of the molecule is NC(=O)C(Nc1ccccc1F)c1cc(F)ccc1F. The topological polar surface area (TPSA) is 55.1 Å². The minimum absolute atomic E-state index is 0.0278. The fourth-order valence-corrected chi connectivity index (χ4v) is 1.77. The predicted octanol–water partition coefficient (Wildman–Crippen LogP) is 2.74. The van der Waals surface area contributed by atoms with Crippen molar-refractivity contribution in [2.45, 2.75) is 6.04 Å². The number of hydrogen-bond acceptors (Lipinski definition) is 2. The minimum atomic E-state index is -1.37. The van der Waals surface area contributed by atoms with Gasteiger partial charge in [-0.3, -0.25) is 4.79 Å². The predicted molar refractivity (Wildman–Crippen MR) is 68.3 cm³/mol. The minimum Gasteiger partial charge on any atom is -0.368 e. The first-order valence-electron chi connectivity index (χ1n) is 5.74. The Bertz CT molecular complexity index is 646. The third-order valence-corrected chi connectivity index (χ3v) is 2.73. The molecule has 0 heterocycles. The number of nitrogens with two attached hydrogens (primary N) is 1. The van der Waals surface area contributed by atoms with Crippen LogP contribution >= 0.6 is 0 Å². The Balaban J connectivity index is 2.40. The maximum absolute atomic E-state index is 13.7. The number of benzene rings is 2. The summed E-state index contributed by atoms with van der Waals surface area (Å²) in [5.41, 5.74) is 4.87. The zero-order chi connectivity index (χ0) is 14.7. The van der Waals surface area contributed by atoms with Gasteiger partial charge in [-0.15, -0.1) is 0 Å². The van der Waals surface area contributed by atoms with Gasteiger partial charge in [0.15, 0.2) is 0 Å². The molecular formula is C14H11F3N2O. The number of hydrogen-bond donors (Lipinski definition) is 2. The number of rotatable bonds is 4. The normalized spacial score (nSPS) is 11.9. The van der Waals surface area contributed by atoms with Crippen LogP contribution in [0.2, 0.25) is 0 Å². The van der Waals surface area contributed by atoms with Gasteiger partial charge in [0.05, 0.1) is 5.69 Å². The van der Waals surface area contributed by atoms with E-state index in [9.17, 15) is 18.0 Å². The van der Waals surface area contributed by atoms with Crippen LogP contribution in [-0.4, -0.2) is 5.91 Å². The maximum atomic E-state index is 13.7. The maximum Gasteiger partial charge on any atom is 0.244 e. The molecule has 0 aromatic heterocycles. The lowest BCUT2D eigenvalue weighted by Gasteiger charge is -2.18. The van der Waals surface area contributed by atoms with Gasteiger partial charge in [-0.25, -0.2) is 13.2 Å². The van der Waals surface area contributed by atoms with Crippen molar-refractivity contribution in [2.24, 2.45) is 5.73 Å². The first kappa shape index (κ1) is 13.9. The monoisotopic (exact) mass is 280 g/mol. The number of primary amides is 1. The van der Waals surface area contributed by atoms with Crippen LogP contribution in [0, 0.1) is 17.5 Å². The quantitative estimate of drug-likeness (QED) is 0.904. The number of carbonyl (C=O) groups excluding carboxylic acids is 1. The second kappa shape index (κ2) is 5.64. The van der Waals surface area contributed by atoms with Crippen LogP contribution in [0.5, 0.6) is 0 Å².